The Hall–Kier alpha value is -3.48. The van der Waals surface area contributed by atoms with Gasteiger partial charge >= 0.3 is 0 Å². The molecule has 0 aliphatic carbocycles. The summed E-state index contributed by atoms with van der Waals surface area (Å²) in [6.45, 7) is 2.89. The lowest BCUT2D eigenvalue weighted by Gasteiger charge is -2.12. The van der Waals surface area contributed by atoms with Crippen LogP contribution in [-0.4, -0.2) is 43.9 Å². The number of nitrogen functional groups attached to an aromatic ring is 1. The average molecular weight is 527 g/mol. The number of aliphatic imine (C=N–C) groups is 1. The highest BCUT2D eigenvalue weighted by molar-refractivity contribution is 9.18. The molecule has 2 N–H and O–H groups in total. The van der Waals surface area contributed by atoms with Crippen molar-refractivity contribution in [3.63, 3.8) is 0 Å². The summed E-state index contributed by atoms with van der Waals surface area (Å²) in [5.74, 6) is 2.91. The number of hydrogen-bond donors (Lipinski definition) is 1. The van der Waals surface area contributed by atoms with Crippen LogP contribution in [0.25, 0.3) is 17.2 Å². The highest BCUT2D eigenvalue weighted by Gasteiger charge is 2.25. The first-order chi connectivity index (χ1) is 16.6. The molecule has 12 nitrogen and oxygen atoms in total. The van der Waals surface area contributed by atoms with Crippen LogP contribution in [-0.2, 0) is 25.8 Å². The Labute approximate surface area is 202 Å². The lowest BCUT2D eigenvalue weighted by molar-refractivity contribution is 0.375. The molecular formula is C21H23BrN10O2. The summed E-state index contributed by atoms with van der Waals surface area (Å²) < 4.78 is 9.73. The molecule has 0 amide bonds. The van der Waals surface area contributed by atoms with Crippen molar-refractivity contribution in [3.05, 3.63) is 40.2 Å². The van der Waals surface area contributed by atoms with Crippen LogP contribution in [0, 0.1) is 0 Å². The van der Waals surface area contributed by atoms with E-state index in [0.29, 0.717) is 65.9 Å². The highest BCUT2D eigenvalue weighted by Crippen LogP contribution is 2.28. The van der Waals surface area contributed by atoms with E-state index in [2.05, 4.69) is 58.2 Å². The van der Waals surface area contributed by atoms with E-state index < -0.39 is 0 Å². The van der Waals surface area contributed by atoms with Gasteiger partial charge in [0.2, 0.25) is 17.5 Å². The van der Waals surface area contributed by atoms with E-state index >= 15 is 0 Å². The molecule has 0 fully saturated rings. The number of hydrogen-bond acceptors (Lipinski definition) is 10. The number of nitrogens with zero attached hydrogens (tertiary/aromatic N) is 9. The molecule has 5 rings (SSSR count). The van der Waals surface area contributed by atoms with Crippen molar-refractivity contribution in [1.82, 2.24) is 39.3 Å². The van der Waals surface area contributed by atoms with Gasteiger partial charge in [-0.1, -0.05) is 24.9 Å². The van der Waals surface area contributed by atoms with Crippen molar-refractivity contribution >= 4 is 38.0 Å². The first-order valence-electron chi connectivity index (χ1n) is 11.2. The maximum atomic E-state index is 13.3. The van der Waals surface area contributed by atoms with Gasteiger partial charge in [-0.25, -0.2) is 19.4 Å². The Balaban J connectivity index is 1.36. The quantitative estimate of drug-likeness (QED) is 0.323. The Bertz CT molecular complexity index is 1440. The van der Waals surface area contributed by atoms with Crippen molar-refractivity contribution in [1.29, 1.82) is 0 Å². The third-order valence-corrected chi connectivity index (χ3v) is 6.18. The summed E-state index contributed by atoms with van der Waals surface area (Å²) in [5, 5.41) is 12.7. The molecule has 0 radical (unpaired) electrons. The Kier molecular flexibility index (Phi) is 6.18. The third-order valence-electron chi connectivity index (χ3n) is 5.72. The fraction of sp³-hybridized carbons (Fsp3) is 0.429. The molecule has 0 atom stereocenters. The van der Waals surface area contributed by atoms with Crippen LogP contribution in [0.2, 0.25) is 0 Å². The summed E-state index contributed by atoms with van der Waals surface area (Å²) in [6.07, 6.45) is 8.25. The van der Waals surface area contributed by atoms with E-state index in [1.807, 2.05) is 4.57 Å². The number of anilines is 1. The normalized spacial score (nSPS) is 12.9. The van der Waals surface area contributed by atoms with Crippen LogP contribution in [0.3, 0.4) is 0 Å². The van der Waals surface area contributed by atoms with E-state index in [9.17, 15) is 4.79 Å². The second-order valence-electron chi connectivity index (χ2n) is 8.07. The van der Waals surface area contributed by atoms with Gasteiger partial charge in [-0.3, -0.25) is 9.36 Å². The zero-order chi connectivity index (χ0) is 23.7. The molecule has 13 heteroatoms. The molecular weight excluding hydrogens is 504 g/mol. The van der Waals surface area contributed by atoms with Crippen molar-refractivity contribution in [2.45, 2.75) is 58.4 Å². The molecule has 0 bridgehead atoms. The maximum Gasteiger partial charge on any atom is 0.266 e. The largest absolute Gasteiger partial charge is 0.383 e. The predicted octanol–water partition coefficient (Wildman–Crippen LogP) is 2.66. The number of fused-ring (bicyclic) bond motifs is 2. The summed E-state index contributed by atoms with van der Waals surface area (Å²) in [6, 6.07) is 0. The van der Waals surface area contributed by atoms with Crippen LogP contribution < -0.4 is 11.3 Å². The van der Waals surface area contributed by atoms with Gasteiger partial charge in [-0.15, -0.1) is 10.2 Å². The summed E-state index contributed by atoms with van der Waals surface area (Å²) in [4.78, 5) is 30.1. The molecule has 4 aromatic heterocycles. The minimum Gasteiger partial charge on any atom is -0.383 e. The number of nitrogens with two attached hydrogens (primary N) is 1. The minimum atomic E-state index is -0.116. The van der Waals surface area contributed by atoms with Gasteiger partial charge in [-0.2, -0.15) is 4.98 Å². The van der Waals surface area contributed by atoms with E-state index in [1.54, 1.807) is 10.6 Å². The van der Waals surface area contributed by atoms with E-state index in [4.69, 9.17) is 10.3 Å². The fourth-order valence-corrected chi connectivity index (χ4v) is 4.47. The fourth-order valence-electron chi connectivity index (χ4n) is 4.02. The lowest BCUT2D eigenvalue weighted by Crippen LogP contribution is -2.23. The molecule has 0 aromatic carbocycles. The Morgan fingerprint density at radius 2 is 2.09 bits per heavy atom. The first-order valence-corrected chi connectivity index (χ1v) is 12.0. The molecule has 5 heterocycles. The topological polar surface area (TPSA) is 155 Å². The van der Waals surface area contributed by atoms with Gasteiger partial charge in [-0.05, 0) is 28.8 Å². The van der Waals surface area contributed by atoms with Gasteiger partial charge in [0, 0.05) is 32.0 Å². The molecule has 4 aromatic rings. The van der Waals surface area contributed by atoms with Crippen molar-refractivity contribution in [2.24, 2.45) is 4.99 Å². The minimum absolute atomic E-state index is 0.116. The van der Waals surface area contributed by atoms with Gasteiger partial charge in [0.15, 0.2) is 0 Å². The lowest BCUT2D eigenvalue weighted by atomic mass is 10.2. The molecule has 0 spiro atoms. The highest BCUT2D eigenvalue weighted by atomic mass is 79.9. The standard InChI is InChI=1S/C21H23BrN10O2/c1-2-3-4-8-31-19-12(9-14(22)26-19)20(33)32-15(28-29-21(31)32)6-5-7-16-27-18(30-34-16)13-10-24-11-25-17(13)23/h10-11H,2-9H2,1H3,(H2,23,24,25). The number of halogens is 1. The molecule has 34 heavy (non-hydrogen) atoms. The Morgan fingerprint density at radius 1 is 1.21 bits per heavy atom. The van der Waals surface area contributed by atoms with Crippen LogP contribution in [0.5, 0.6) is 0 Å². The van der Waals surface area contributed by atoms with Crippen molar-refractivity contribution < 1.29 is 4.52 Å². The summed E-state index contributed by atoms with van der Waals surface area (Å²) in [7, 11) is 0. The van der Waals surface area contributed by atoms with Crippen LogP contribution >= 0.6 is 15.9 Å². The second-order valence-corrected chi connectivity index (χ2v) is 8.98. The third kappa shape index (κ3) is 4.11. The van der Waals surface area contributed by atoms with Crippen molar-refractivity contribution in [2.75, 3.05) is 5.73 Å². The summed E-state index contributed by atoms with van der Waals surface area (Å²) in [5.41, 5.74) is 6.93. The van der Waals surface area contributed by atoms with Crippen LogP contribution in [0.15, 0.2) is 26.8 Å². The summed E-state index contributed by atoms with van der Waals surface area (Å²) >= 11 is 3.45. The molecule has 0 unspecified atom stereocenters. The maximum absolute atomic E-state index is 13.3. The number of aryl methyl sites for hydroxylation is 3. The van der Waals surface area contributed by atoms with Crippen LogP contribution in [0.4, 0.5) is 11.6 Å². The van der Waals surface area contributed by atoms with Crippen molar-refractivity contribution in [3.8, 4) is 11.4 Å². The molecule has 0 saturated heterocycles. The van der Waals surface area contributed by atoms with Gasteiger partial charge in [0.25, 0.3) is 5.56 Å². The van der Waals surface area contributed by atoms with E-state index in [0.717, 1.165) is 30.4 Å². The van der Waals surface area contributed by atoms with Gasteiger partial charge in [0.05, 0.1) is 15.7 Å². The predicted molar refractivity (Wildman–Crippen MR) is 128 cm³/mol. The molecule has 1 aliphatic heterocycles. The second kappa shape index (κ2) is 9.41. The number of rotatable bonds is 9. The molecule has 176 valence electrons. The van der Waals surface area contributed by atoms with Gasteiger partial charge < -0.3 is 10.3 Å². The Morgan fingerprint density at radius 3 is 2.91 bits per heavy atom. The van der Waals surface area contributed by atoms with Crippen LogP contribution in [0.1, 0.15) is 49.9 Å². The molecule has 1 aliphatic rings. The zero-order valence-electron chi connectivity index (χ0n) is 18.6. The van der Waals surface area contributed by atoms with Gasteiger partial charge in [0.1, 0.15) is 23.8 Å². The average Bonchev–Trinajstić information content (AvgIpc) is 3.55. The number of unbranched alkanes of at least 4 members (excludes halogenated alkanes) is 2. The monoisotopic (exact) mass is 526 g/mol. The van der Waals surface area contributed by atoms with E-state index in [-0.39, 0.29) is 11.4 Å². The zero-order valence-corrected chi connectivity index (χ0v) is 20.2. The first kappa shape index (κ1) is 22.3. The van der Waals surface area contributed by atoms with E-state index in [1.165, 1.54) is 6.33 Å². The SMILES string of the molecule is CCCCCn1c2c(c(=O)n3c(CCCc4nc(-c5cncnc5N)no4)nnc13)CC(Br)=N2. The molecule has 0 saturated carbocycles. The number of aromatic nitrogens is 8. The smallest absolute Gasteiger partial charge is 0.266 e.